The molecule has 0 bridgehead atoms. The average molecular weight is 285 g/mol. The number of hydrogen-bond acceptors (Lipinski definition) is 3. The lowest BCUT2D eigenvalue weighted by molar-refractivity contribution is 0.609. The third-order valence-corrected chi connectivity index (χ3v) is 3.65. The van der Waals surface area contributed by atoms with E-state index in [2.05, 4.69) is 4.98 Å². The third kappa shape index (κ3) is 3.58. The fourth-order valence-electron chi connectivity index (χ4n) is 1.70. The van der Waals surface area contributed by atoms with Gasteiger partial charge in [-0.2, -0.15) is 0 Å². The summed E-state index contributed by atoms with van der Waals surface area (Å²) in [6.45, 7) is 0. The van der Waals surface area contributed by atoms with Crippen molar-refractivity contribution in [1.82, 2.24) is 9.55 Å². The molecule has 0 saturated carbocycles. The van der Waals surface area contributed by atoms with Gasteiger partial charge in [-0.05, 0) is 11.1 Å². The molecule has 1 aromatic heterocycles. The number of aromatic nitrogens is 2. The molecule has 0 fully saturated rings. The maximum absolute atomic E-state index is 10.9. The van der Waals surface area contributed by atoms with Gasteiger partial charge in [-0.15, -0.1) is 0 Å². The highest BCUT2D eigenvalue weighted by Gasteiger charge is 2.07. The molecule has 0 aliphatic rings. The Hall–Kier alpha value is -1.33. The Morgan fingerprint density at radius 2 is 1.83 bits per heavy atom. The summed E-state index contributed by atoms with van der Waals surface area (Å²) in [5.41, 5.74) is 1.77. The van der Waals surface area contributed by atoms with E-state index in [1.54, 1.807) is 18.3 Å². The molecule has 4 nitrogen and oxygen atoms in total. The number of imidazole rings is 1. The van der Waals surface area contributed by atoms with E-state index in [-0.39, 0.29) is 5.75 Å². The average Bonchev–Trinajstić information content (AvgIpc) is 2.65. The number of benzene rings is 1. The monoisotopic (exact) mass is 284 g/mol. The summed E-state index contributed by atoms with van der Waals surface area (Å²) >= 11 is 0. The fraction of sp³-hybridized carbons (Fsp3) is 0.250. The molecule has 6 heteroatoms. The summed E-state index contributed by atoms with van der Waals surface area (Å²) in [5.74, 6) is 0.824. The standard InChI is InChI=1S/C12H13ClN2O2S/c1-15-7-6-14-12(15)8-10-2-4-11(5-3-10)9-18(13,16)17/h2-7H,8-9H2,1H3. The van der Waals surface area contributed by atoms with Crippen LogP contribution >= 0.6 is 10.7 Å². The summed E-state index contributed by atoms with van der Waals surface area (Å²) in [4.78, 5) is 4.24. The van der Waals surface area contributed by atoms with E-state index in [1.165, 1.54) is 0 Å². The number of hydrogen-bond donors (Lipinski definition) is 0. The van der Waals surface area contributed by atoms with Gasteiger partial charge in [0.05, 0.1) is 5.75 Å². The predicted octanol–water partition coefficient (Wildman–Crippen LogP) is 2.08. The van der Waals surface area contributed by atoms with Crippen LogP contribution in [-0.2, 0) is 28.3 Å². The van der Waals surface area contributed by atoms with Crippen LogP contribution in [0, 0.1) is 0 Å². The van der Waals surface area contributed by atoms with E-state index < -0.39 is 9.05 Å². The minimum absolute atomic E-state index is 0.142. The Morgan fingerprint density at radius 3 is 2.33 bits per heavy atom. The Balaban J connectivity index is 2.11. The van der Waals surface area contributed by atoms with Crippen LogP contribution in [-0.4, -0.2) is 18.0 Å². The zero-order valence-corrected chi connectivity index (χ0v) is 11.4. The first-order chi connectivity index (χ1) is 8.44. The van der Waals surface area contributed by atoms with E-state index >= 15 is 0 Å². The van der Waals surface area contributed by atoms with Crippen LogP contribution < -0.4 is 0 Å². The highest BCUT2D eigenvalue weighted by atomic mass is 35.7. The maximum atomic E-state index is 10.9. The largest absolute Gasteiger partial charge is 0.338 e. The number of rotatable bonds is 4. The van der Waals surface area contributed by atoms with Crippen molar-refractivity contribution >= 4 is 19.7 Å². The molecule has 0 amide bonds. The number of aryl methyl sites for hydroxylation is 1. The molecule has 0 atom stereocenters. The molecule has 0 aliphatic carbocycles. The van der Waals surface area contributed by atoms with Crippen LogP contribution in [0.25, 0.3) is 0 Å². The lowest BCUT2D eigenvalue weighted by Gasteiger charge is -2.03. The molecular formula is C12H13ClN2O2S. The van der Waals surface area contributed by atoms with Gasteiger partial charge in [-0.25, -0.2) is 13.4 Å². The van der Waals surface area contributed by atoms with Gasteiger partial charge in [0.1, 0.15) is 5.82 Å². The summed E-state index contributed by atoms with van der Waals surface area (Å²) in [6, 6.07) is 7.34. The van der Waals surface area contributed by atoms with Gasteiger partial charge in [-0.1, -0.05) is 24.3 Å². The van der Waals surface area contributed by atoms with Gasteiger partial charge in [-0.3, -0.25) is 0 Å². The molecule has 0 spiro atoms. The van der Waals surface area contributed by atoms with Crippen molar-refractivity contribution in [3.8, 4) is 0 Å². The predicted molar refractivity (Wildman–Crippen MR) is 70.9 cm³/mol. The van der Waals surface area contributed by atoms with Crippen LogP contribution in [0.15, 0.2) is 36.7 Å². The van der Waals surface area contributed by atoms with E-state index in [1.807, 2.05) is 29.9 Å². The lowest BCUT2D eigenvalue weighted by atomic mass is 10.1. The summed E-state index contributed by atoms with van der Waals surface area (Å²) in [6.07, 6.45) is 4.37. The van der Waals surface area contributed by atoms with Crippen molar-refractivity contribution < 1.29 is 8.42 Å². The highest BCUT2D eigenvalue weighted by Crippen LogP contribution is 2.13. The molecule has 0 aliphatic heterocycles. The van der Waals surface area contributed by atoms with Crippen molar-refractivity contribution in [2.45, 2.75) is 12.2 Å². The van der Waals surface area contributed by atoms with E-state index in [9.17, 15) is 8.42 Å². The Labute approximate surface area is 111 Å². The van der Waals surface area contributed by atoms with Crippen LogP contribution in [0.3, 0.4) is 0 Å². The van der Waals surface area contributed by atoms with Gasteiger partial charge in [0.15, 0.2) is 0 Å². The normalized spacial score (nSPS) is 11.7. The highest BCUT2D eigenvalue weighted by molar-refractivity contribution is 8.13. The first kappa shape index (κ1) is 13.1. The number of halogens is 1. The van der Waals surface area contributed by atoms with Crippen LogP contribution in [0.4, 0.5) is 0 Å². The van der Waals surface area contributed by atoms with Crippen molar-refractivity contribution in [1.29, 1.82) is 0 Å². The first-order valence-corrected chi connectivity index (χ1v) is 7.88. The van der Waals surface area contributed by atoms with Gasteiger partial charge in [0.2, 0.25) is 9.05 Å². The summed E-state index contributed by atoms with van der Waals surface area (Å²) < 4.78 is 23.8. The smallest absolute Gasteiger partial charge is 0.236 e. The maximum Gasteiger partial charge on any atom is 0.236 e. The Morgan fingerprint density at radius 1 is 1.22 bits per heavy atom. The first-order valence-electron chi connectivity index (χ1n) is 5.40. The molecule has 0 saturated heterocycles. The van der Waals surface area contributed by atoms with Crippen molar-refractivity contribution in [3.63, 3.8) is 0 Å². The second kappa shape index (κ2) is 5.12. The number of nitrogens with zero attached hydrogens (tertiary/aromatic N) is 2. The quantitative estimate of drug-likeness (QED) is 0.808. The molecule has 2 aromatic rings. The third-order valence-electron chi connectivity index (χ3n) is 2.65. The second-order valence-corrected chi connectivity index (χ2v) is 6.91. The zero-order chi connectivity index (χ0) is 13.2. The van der Waals surface area contributed by atoms with Gasteiger partial charge in [0.25, 0.3) is 0 Å². The van der Waals surface area contributed by atoms with E-state index in [4.69, 9.17) is 10.7 Å². The molecular weight excluding hydrogens is 272 g/mol. The van der Waals surface area contributed by atoms with Gasteiger partial charge >= 0.3 is 0 Å². The molecule has 18 heavy (non-hydrogen) atoms. The molecule has 1 heterocycles. The van der Waals surface area contributed by atoms with Gasteiger partial charge in [0, 0.05) is 36.5 Å². The molecule has 96 valence electrons. The minimum atomic E-state index is -3.49. The molecule has 0 unspecified atom stereocenters. The van der Waals surface area contributed by atoms with Crippen molar-refractivity contribution in [2.75, 3.05) is 0 Å². The van der Waals surface area contributed by atoms with Crippen molar-refractivity contribution in [3.05, 3.63) is 53.6 Å². The fourth-order valence-corrected chi connectivity index (χ4v) is 2.67. The van der Waals surface area contributed by atoms with E-state index in [0.717, 1.165) is 17.8 Å². The van der Waals surface area contributed by atoms with E-state index in [0.29, 0.717) is 5.56 Å². The Kier molecular flexibility index (Phi) is 3.73. The second-order valence-electron chi connectivity index (χ2n) is 4.13. The molecule has 1 aromatic carbocycles. The van der Waals surface area contributed by atoms with Crippen LogP contribution in [0.1, 0.15) is 17.0 Å². The van der Waals surface area contributed by atoms with Crippen LogP contribution in [0.5, 0.6) is 0 Å². The summed E-state index contributed by atoms with van der Waals surface area (Å²) in [5, 5.41) is 0. The minimum Gasteiger partial charge on any atom is -0.338 e. The summed E-state index contributed by atoms with van der Waals surface area (Å²) in [7, 11) is 3.65. The molecule has 2 rings (SSSR count). The Bertz CT molecular complexity index is 632. The SMILES string of the molecule is Cn1ccnc1Cc1ccc(CS(=O)(=O)Cl)cc1. The van der Waals surface area contributed by atoms with Crippen LogP contribution in [0.2, 0.25) is 0 Å². The zero-order valence-electron chi connectivity index (χ0n) is 9.88. The molecule has 0 radical (unpaired) electrons. The lowest BCUT2D eigenvalue weighted by Crippen LogP contribution is -1.99. The van der Waals surface area contributed by atoms with Gasteiger partial charge < -0.3 is 4.57 Å². The molecule has 0 N–H and O–H groups in total. The topological polar surface area (TPSA) is 52.0 Å². The van der Waals surface area contributed by atoms with Crippen molar-refractivity contribution in [2.24, 2.45) is 7.05 Å².